The van der Waals surface area contributed by atoms with E-state index in [2.05, 4.69) is 0 Å². The Morgan fingerprint density at radius 2 is 2.54 bits per heavy atom. The lowest BCUT2D eigenvalue weighted by atomic mass is 9.94. The quantitative estimate of drug-likeness (QED) is 0.679. The van der Waals surface area contributed by atoms with E-state index in [4.69, 9.17) is 4.74 Å². The van der Waals surface area contributed by atoms with E-state index >= 15 is 0 Å². The number of ketones is 1. The summed E-state index contributed by atoms with van der Waals surface area (Å²) in [5.41, 5.74) is 0.232. The second-order valence-electron chi connectivity index (χ2n) is 3.52. The molecule has 1 aliphatic heterocycles. The molecule has 13 heavy (non-hydrogen) atoms. The van der Waals surface area contributed by atoms with Crippen LogP contribution in [0.5, 0.6) is 0 Å². The molecule has 0 radical (unpaired) electrons. The van der Waals surface area contributed by atoms with Crippen molar-refractivity contribution in [1.29, 1.82) is 0 Å². The van der Waals surface area contributed by atoms with Gasteiger partial charge < -0.3 is 4.74 Å². The molecule has 0 N–H and O–H groups in total. The van der Waals surface area contributed by atoms with Gasteiger partial charge in [-0.05, 0) is 31.2 Å². The fourth-order valence-corrected chi connectivity index (χ4v) is 2.29. The minimum absolute atomic E-state index is 0.131. The first kappa shape index (κ1) is 8.91. The second-order valence-corrected chi connectivity index (χ2v) is 4.30. The summed E-state index contributed by atoms with van der Waals surface area (Å²) in [4.78, 5) is 11.9. The molecule has 0 aromatic carbocycles. The Kier molecular flexibility index (Phi) is 2.22. The second kappa shape index (κ2) is 3.24. The maximum absolute atomic E-state index is 11.9. The molecule has 1 atom stereocenters. The lowest BCUT2D eigenvalue weighted by molar-refractivity contribution is 0.0214. The Hall–Kier alpha value is -0.670. The molecule has 1 aromatic heterocycles. The van der Waals surface area contributed by atoms with Crippen molar-refractivity contribution < 1.29 is 9.53 Å². The number of rotatable bonds is 2. The topological polar surface area (TPSA) is 26.3 Å². The molecule has 3 heteroatoms. The molecule has 2 heterocycles. The maximum Gasteiger partial charge on any atom is 0.195 e. The summed E-state index contributed by atoms with van der Waals surface area (Å²) in [5, 5.41) is 3.81. The third-order valence-electron chi connectivity index (χ3n) is 2.48. The molecular weight excluding hydrogens is 184 g/mol. The van der Waals surface area contributed by atoms with Crippen molar-refractivity contribution in [3.05, 3.63) is 22.4 Å². The summed E-state index contributed by atoms with van der Waals surface area (Å²) in [6, 6.07) is 1.86. The predicted octanol–water partition coefficient (Wildman–Crippen LogP) is 2.50. The number of Topliss-reactive ketones (excluding diaryl/α,β-unsaturated/α-hetero) is 1. The molecule has 0 aliphatic carbocycles. The van der Waals surface area contributed by atoms with Crippen molar-refractivity contribution in [2.45, 2.75) is 25.4 Å². The molecular formula is C10H12O2S. The van der Waals surface area contributed by atoms with Crippen LogP contribution in [0.25, 0.3) is 0 Å². The number of carbonyl (C=O) groups is 1. The Labute approximate surface area is 81.5 Å². The molecule has 2 nitrogen and oxygen atoms in total. The van der Waals surface area contributed by atoms with Crippen molar-refractivity contribution in [2.75, 3.05) is 6.61 Å². The lowest BCUT2D eigenvalue weighted by Crippen LogP contribution is -2.33. The Bertz CT molecular complexity index is 297. The Morgan fingerprint density at radius 3 is 3.08 bits per heavy atom. The van der Waals surface area contributed by atoms with Gasteiger partial charge in [0.15, 0.2) is 5.78 Å². The molecule has 70 valence electrons. The Balaban J connectivity index is 2.21. The minimum Gasteiger partial charge on any atom is -0.367 e. The van der Waals surface area contributed by atoms with E-state index in [1.807, 2.05) is 23.8 Å². The van der Waals surface area contributed by atoms with E-state index in [9.17, 15) is 4.79 Å². The molecule has 0 amide bonds. The van der Waals surface area contributed by atoms with Crippen LogP contribution in [0.4, 0.5) is 0 Å². The van der Waals surface area contributed by atoms with E-state index in [1.165, 1.54) is 0 Å². The van der Waals surface area contributed by atoms with E-state index in [-0.39, 0.29) is 5.78 Å². The molecule has 1 unspecified atom stereocenters. The van der Waals surface area contributed by atoms with Crippen LogP contribution < -0.4 is 0 Å². The zero-order valence-corrected chi connectivity index (χ0v) is 8.39. The number of thiophene rings is 1. The number of hydrogen-bond acceptors (Lipinski definition) is 3. The highest BCUT2D eigenvalue weighted by molar-refractivity contribution is 7.08. The number of hydrogen-bond donors (Lipinski definition) is 0. The van der Waals surface area contributed by atoms with Crippen molar-refractivity contribution >= 4 is 17.1 Å². The highest BCUT2D eigenvalue weighted by Crippen LogP contribution is 2.29. The van der Waals surface area contributed by atoms with Crippen molar-refractivity contribution in [3.63, 3.8) is 0 Å². The zero-order valence-electron chi connectivity index (χ0n) is 7.58. The van der Waals surface area contributed by atoms with Crippen LogP contribution in [0.2, 0.25) is 0 Å². The molecule has 0 spiro atoms. The molecule has 1 fully saturated rings. The van der Waals surface area contributed by atoms with Gasteiger partial charge in [0.1, 0.15) is 5.60 Å². The lowest BCUT2D eigenvalue weighted by Gasteiger charge is -2.20. The van der Waals surface area contributed by atoms with Gasteiger partial charge in [0.2, 0.25) is 0 Å². The van der Waals surface area contributed by atoms with Gasteiger partial charge in [-0.25, -0.2) is 0 Å². The molecule has 1 saturated heterocycles. The van der Waals surface area contributed by atoms with Crippen LogP contribution in [0.3, 0.4) is 0 Å². The molecule has 0 bridgehead atoms. The van der Waals surface area contributed by atoms with Crippen LogP contribution in [-0.2, 0) is 4.74 Å². The summed E-state index contributed by atoms with van der Waals surface area (Å²) < 4.78 is 5.48. The van der Waals surface area contributed by atoms with Crippen LogP contribution in [-0.4, -0.2) is 18.0 Å². The van der Waals surface area contributed by atoms with Crippen molar-refractivity contribution in [2.24, 2.45) is 0 Å². The number of carbonyl (C=O) groups excluding carboxylic acids is 1. The minimum atomic E-state index is -0.554. The van der Waals surface area contributed by atoms with Crippen LogP contribution in [0.15, 0.2) is 16.8 Å². The fraction of sp³-hybridized carbons (Fsp3) is 0.500. The third-order valence-corrected chi connectivity index (χ3v) is 3.17. The van der Waals surface area contributed by atoms with Gasteiger partial charge in [-0.3, -0.25) is 4.79 Å². The average Bonchev–Trinajstić information content (AvgIpc) is 2.73. The first-order valence-electron chi connectivity index (χ1n) is 4.43. The molecule has 0 saturated carbocycles. The standard InChI is InChI=1S/C10H12O2S/c1-10(4-2-5-12-10)9(11)8-3-6-13-7-8/h3,6-7H,2,4-5H2,1H3. The summed E-state index contributed by atoms with van der Waals surface area (Å²) in [7, 11) is 0. The van der Waals surface area contributed by atoms with Crippen molar-refractivity contribution in [3.8, 4) is 0 Å². The normalized spacial score (nSPS) is 27.8. The SMILES string of the molecule is CC1(C(=O)c2ccsc2)CCCO1. The molecule has 1 aromatic rings. The van der Waals surface area contributed by atoms with Gasteiger partial charge >= 0.3 is 0 Å². The Morgan fingerprint density at radius 1 is 1.69 bits per heavy atom. The first-order chi connectivity index (χ1) is 6.22. The van der Waals surface area contributed by atoms with Crippen LogP contribution in [0, 0.1) is 0 Å². The summed E-state index contributed by atoms with van der Waals surface area (Å²) in [6.45, 7) is 2.60. The molecule has 1 aliphatic rings. The monoisotopic (exact) mass is 196 g/mol. The van der Waals surface area contributed by atoms with E-state index in [1.54, 1.807) is 11.3 Å². The highest BCUT2D eigenvalue weighted by atomic mass is 32.1. The average molecular weight is 196 g/mol. The highest BCUT2D eigenvalue weighted by Gasteiger charge is 2.38. The first-order valence-corrected chi connectivity index (χ1v) is 5.38. The van der Waals surface area contributed by atoms with Gasteiger partial charge in [-0.15, -0.1) is 0 Å². The summed E-state index contributed by atoms with van der Waals surface area (Å²) >= 11 is 1.55. The van der Waals surface area contributed by atoms with Crippen LogP contribution in [0.1, 0.15) is 30.1 Å². The third kappa shape index (κ3) is 1.54. The van der Waals surface area contributed by atoms with Crippen LogP contribution >= 0.6 is 11.3 Å². The van der Waals surface area contributed by atoms with Gasteiger partial charge in [0, 0.05) is 17.6 Å². The van der Waals surface area contributed by atoms with E-state index < -0.39 is 5.60 Å². The fourth-order valence-electron chi connectivity index (χ4n) is 1.66. The van der Waals surface area contributed by atoms with E-state index in [0.29, 0.717) is 6.61 Å². The molecule has 2 rings (SSSR count). The van der Waals surface area contributed by atoms with Crippen molar-refractivity contribution in [1.82, 2.24) is 0 Å². The van der Waals surface area contributed by atoms with Gasteiger partial charge in [-0.1, -0.05) is 0 Å². The predicted molar refractivity (Wildman–Crippen MR) is 52.2 cm³/mol. The smallest absolute Gasteiger partial charge is 0.195 e. The maximum atomic E-state index is 11.9. The van der Waals surface area contributed by atoms with Gasteiger partial charge in [-0.2, -0.15) is 11.3 Å². The van der Waals surface area contributed by atoms with Gasteiger partial charge in [0.05, 0.1) is 0 Å². The largest absolute Gasteiger partial charge is 0.367 e. The number of ether oxygens (including phenoxy) is 1. The summed E-state index contributed by atoms with van der Waals surface area (Å²) in [6.07, 6.45) is 1.84. The van der Waals surface area contributed by atoms with Gasteiger partial charge in [0.25, 0.3) is 0 Å². The summed E-state index contributed by atoms with van der Waals surface area (Å²) in [5.74, 6) is 0.131. The zero-order chi connectivity index (χ0) is 9.31. The van der Waals surface area contributed by atoms with E-state index in [0.717, 1.165) is 18.4 Å².